The average molecular weight is 434 g/mol. The molecule has 0 radical (unpaired) electrons. The second-order valence-corrected chi connectivity index (χ2v) is 7.44. The Bertz CT molecular complexity index is 1030. The van der Waals surface area contributed by atoms with Crippen molar-refractivity contribution in [2.75, 3.05) is 6.61 Å². The molecule has 0 aliphatic heterocycles. The molecular weight excluding hydrogens is 408 g/mol. The van der Waals surface area contributed by atoms with Gasteiger partial charge in [0.1, 0.15) is 6.10 Å². The van der Waals surface area contributed by atoms with Gasteiger partial charge in [-0.3, -0.25) is 15.4 Å². The first-order chi connectivity index (χ1) is 15.5. The molecule has 0 spiro atoms. The molecule has 0 saturated heterocycles. The maximum Gasteiger partial charge on any atom is 0.329 e. The number of nitro groups is 1. The third-order valence-corrected chi connectivity index (χ3v) is 5.30. The Morgan fingerprint density at radius 2 is 1.56 bits per heavy atom. The van der Waals surface area contributed by atoms with Gasteiger partial charge in [-0.2, -0.15) is 0 Å². The predicted octanol–water partition coefficient (Wildman–Crippen LogP) is 3.96. The van der Waals surface area contributed by atoms with Crippen molar-refractivity contribution in [3.63, 3.8) is 0 Å². The van der Waals surface area contributed by atoms with E-state index in [0.29, 0.717) is 12.1 Å². The molecule has 2 N–H and O–H groups in total. The average Bonchev–Trinajstić information content (AvgIpc) is 2.83. The maximum absolute atomic E-state index is 13.3. The molecule has 0 fully saturated rings. The monoisotopic (exact) mass is 434 g/mol. The number of hydrogen-bond donors (Lipinski definition) is 2. The van der Waals surface area contributed by atoms with Gasteiger partial charge in [0.2, 0.25) is 0 Å². The fourth-order valence-electron chi connectivity index (χ4n) is 3.61. The van der Waals surface area contributed by atoms with Crippen LogP contribution in [-0.4, -0.2) is 28.1 Å². The van der Waals surface area contributed by atoms with Crippen LogP contribution in [-0.2, 0) is 22.5 Å². The smallest absolute Gasteiger partial charge is 0.329 e. The second kappa shape index (κ2) is 10.7. The van der Waals surface area contributed by atoms with Crippen molar-refractivity contribution in [1.82, 2.24) is 5.32 Å². The Hall–Kier alpha value is -3.55. The number of non-ortho nitro benzene ring substituents is 1. The van der Waals surface area contributed by atoms with E-state index in [9.17, 15) is 20.0 Å². The molecule has 32 heavy (non-hydrogen) atoms. The van der Waals surface area contributed by atoms with Crippen LogP contribution < -0.4 is 5.32 Å². The van der Waals surface area contributed by atoms with Crippen molar-refractivity contribution in [3.8, 4) is 0 Å². The molecule has 2 atom stereocenters. The molecule has 0 heterocycles. The van der Waals surface area contributed by atoms with Crippen molar-refractivity contribution in [2.45, 2.75) is 31.5 Å². The van der Waals surface area contributed by atoms with Crippen LogP contribution in [0.1, 0.15) is 29.7 Å². The Balaban J connectivity index is 2.04. The topological polar surface area (TPSA) is 102 Å². The maximum atomic E-state index is 13.3. The summed E-state index contributed by atoms with van der Waals surface area (Å²) in [6, 6.07) is 24.4. The summed E-state index contributed by atoms with van der Waals surface area (Å²) >= 11 is 0. The molecular formula is C25H26N2O5. The van der Waals surface area contributed by atoms with Crippen LogP contribution in [0.4, 0.5) is 5.69 Å². The molecule has 0 aromatic heterocycles. The van der Waals surface area contributed by atoms with E-state index in [-0.39, 0.29) is 18.7 Å². The lowest BCUT2D eigenvalue weighted by Gasteiger charge is -2.37. The SMILES string of the molecule is CCOC(=O)C(Cc1ccccc1)(NCc1ccccc1)C(O)c1ccc([N+](=O)[O-])cc1. The van der Waals surface area contributed by atoms with Gasteiger partial charge in [-0.05, 0) is 35.7 Å². The van der Waals surface area contributed by atoms with Crippen molar-refractivity contribution >= 4 is 11.7 Å². The zero-order valence-corrected chi connectivity index (χ0v) is 17.8. The van der Waals surface area contributed by atoms with Gasteiger partial charge in [0.25, 0.3) is 5.69 Å². The molecule has 0 aliphatic rings. The highest BCUT2D eigenvalue weighted by molar-refractivity contribution is 5.82. The summed E-state index contributed by atoms with van der Waals surface area (Å²) in [6.07, 6.45) is -1.15. The summed E-state index contributed by atoms with van der Waals surface area (Å²) < 4.78 is 5.40. The lowest BCUT2D eigenvalue weighted by molar-refractivity contribution is -0.384. The number of nitrogens with one attached hydrogen (secondary N) is 1. The van der Waals surface area contributed by atoms with Gasteiger partial charge in [-0.15, -0.1) is 0 Å². The number of aliphatic hydroxyl groups is 1. The predicted molar refractivity (Wildman–Crippen MR) is 121 cm³/mol. The Labute approximate surface area is 186 Å². The molecule has 3 aromatic carbocycles. The van der Waals surface area contributed by atoms with Crippen molar-refractivity contribution in [2.24, 2.45) is 0 Å². The van der Waals surface area contributed by atoms with E-state index in [0.717, 1.165) is 11.1 Å². The third-order valence-electron chi connectivity index (χ3n) is 5.30. The van der Waals surface area contributed by atoms with Crippen LogP contribution >= 0.6 is 0 Å². The highest BCUT2D eigenvalue weighted by atomic mass is 16.6. The quantitative estimate of drug-likeness (QED) is 0.284. The number of rotatable bonds is 10. The van der Waals surface area contributed by atoms with E-state index in [1.54, 1.807) is 6.92 Å². The van der Waals surface area contributed by atoms with Gasteiger partial charge in [0.05, 0.1) is 11.5 Å². The summed E-state index contributed by atoms with van der Waals surface area (Å²) in [5.41, 5.74) is 0.541. The minimum atomic E-state index is -1.51. The second-order valence-electron chi connectivity index (χ2n) is 7.44. The van der Waals surface area contributed by atoms with E-state index < -0.39 is 22.5 Å². The van der Waals surface area contributed by atoms with E-state index >= 15 is 0 Å². The van der Waals surface area contributed by atoms with E-state index in [1.807, 2.05) is 60.7 Å². The Morgan fingerprint density at radius 3 is 2.09 bits per heavy atom. The normalized spacial score (nSPS) is 13.7. The molecule has 0 saturated carbocycles. The molecule has 7 nitrogen and oxygen atoms in total. The van der Waals surface area contributed by atoms with Gasteiger partial charge < -0.3 is 9.84 Å². The molecule has 3 aromatic rings. The number of hydrogen-bond acceptors (Lipinski definition) is 6. The molecule has 0 amide bonds. The van der Waals surface area contributed by atoms with Gasteiger partial charge in [0, 0.05) is 25.1 Å². The number of ether oxygens (including phenoxy) is 1. The number of aliphatic hydroxyl groups excluding tert-OH is 1. The minimum absolute atomic E-state index is 0.0945. The Morgan fingerprint density at radius 1 is 1.00 bits per heavy atom. The largest absolute Gasteiger partial charge is 0.465 e. The van der Waals surface area contributed by atoms with Gasteiger partial charge in [-0.1, -0.05) is 60.7 Å². The number of nitro benzene ring substituents is 1. The van der Waals surface area contributed by atoms with Crippen LogP contribution in [0.3, 0.4) is 0 Å². The molecule has 7 heteroatoms. The third kappa shape index (κ3) is 5.38. The summed E-state index contributed by atoms with van der Waals surface area (Å²) in [7, 11) is 0. The zero-order chi connectivity index (χ0) is 23.0. The summed E-state index contributed by atoms with van der Waals surface area (Å²) in [4.78, 5) is 23.8. The highest BCUT2D eigenvalue weighted by Gasteiger charge is 2.47. The number of nitrogens with zero attached hydrogens (tertiary/aromatic N) is 1. The van der Waals surface area contributed by atoms with Crippen LogP contribution in [0, 0.1) is 10.1 Å². The van der Waals surface area contributed by atoms with E-state index in [2.05, 4.69) is 5.32 Å². The number of esters is 1. The van der Waals surface area contributed by atoms with Crippen LogP contribution in [0.5, 0.6) is 0 Å². The van der Waals surface area contributed by atoms with Crippen molar-refractivity contribution in [3.05, 3.63) is 112 Å². The van der Waals surface area contributed by atoms with Crippen LogP contribution in [0.2, 0.25) is 0 Å². The molecule has 0 aliphatic carbocycles. The molecule has 0 bridgehead atoms. The molecule has 166 valence electrons. The van der Waals surface area contributed by atoms with Gasteiger partial charge in [-0.25, -0.2) is 4.79 Å². The summed E-state index contributed by atoms with van der Waals surface area (Å²) in [6.45, 7) is 2.17. The lowest BCUT2D eigenvalue weighted by atomic mass is 9.81. The van der Waals surface area contributed by atoms with Crippen molar-refractivity contribution < 1.29 is 19.6 Å². The molecule has 3 rings (SSSR count). The van der Waals surface area contributed by atoms with Crippen LogP contribution in [0.25, 0.3) is 0 Å². The van der Waals surface area contributed by atoms with Gasteiger partial charge in [0.15, 0.2) is 5.54 Å². The number of benzene rings is 3. The first kappa shape index (κ1) is 23.1. The first-order valence-corrected chi connectivity index (χ1v) is 10.4. The fraction of sp³-hybridized carbons (Fsp3) is 0.240. The van der Waals surface area contributed by atoms with E-state index in [1.165, 1.54) is 24.3 Å². The van der Waals surface area contributed by atoms with Crippen LogP contribution in [0.15, 0.2) is 84.9 Å². The standard InChI is InChI=1S/C25H26N2O5/c1-2-32-24(29)25(17-19-9-5-3-6-10-19,26-18-20-11-7-4-8-12-20)23(28)21-13-15-22(16-14-21)27(30)31/h3-16,23,26,28H,2,17-18H2,1H3. The number of carbonyl (C=O) groups is 1. The minimum Gasteiger partial charge on any atom is -0.465 e. The van der Waals surface area contributed by atoms with Gasteiger partial charge >= 0.3 is 5.97 Å². The zero-order valence-electron chi connectivity index (χ0n) is 17.8. The summed E-state index contributed by atoms with van der Waals surface area (Å²) in [5.74, 6) is -0.592. The lowest BCUT2D eigenvalue weighted by Crippen LogP contribution is -2.58. The first-order valence-electron chi connectivity index (χ1n) is 10.4. The Kier molecular flexibility index (Phi) is 7.70. The van der Waals surface area contributed by atoms with E-state index in [4.69, 9.17) is 4.74 Å². The number of carbonyl (C=O) groups excluding carboxylic acids is 1. The van der Waals surface area contributed by atoms with Crippen molar-refractivity contribution in [1.29, 1.82) is 0 Å². The fourth-order valence-corrected chi connectivity index (χ4v) is 3.61. The molecule has 2 unspecified atom stereocenters. The summed E-state index contributed by atoms with van der Waals surface area (Å²) in [5, 5.41) is 25.8. The highest BCUT2D eigenvalue weighted by Crippen LogP contribution is 2.32.